The molecular weight excluding hydrogens is 365 g/mol. The van der Waals surface area contributed by atoms with Crippen LogP contribution in [0, 0.1) is 5.82 Å². The normalized spacial score (nSPS) is 10.9. The summed E-state index contributed by atoms with van der Waals surface area (Å²) in [6.45, 7) is 1.14. The molecule has 3 aromatic rings. The van der Waals surface area contributed by atoms with Crippen LogP contribution in [0.15, 0.2) is 59.8 Å². The monoisotopic (exact) mass is 385 g/mol. The Morgan fingerprint density at radius 3 is 2.56 bits per heavy atom. The summed E-state index contributed by atoms with van der Waals surface area (Å²) in [6, 6.07) is 15.6. The highest BCUT2D eigenvalue weighted by molar-refractivity contribution is 7.99. The average molecular weight is 385 g/mol. The summed E-state index contributed by atoms with van der Waals surface area (Å²) in [4.78, 5) is 12.3. The summed E-state index contributed by atoms with van der Waals surface area (Å²) in [5.41, 5.74) is 1.62. The topological polar surface area (TPSA) is 57.0 Å². The molecule has 0 radical (unpaired) electrons. The molecule has 27 heavy (non-hydrogen) atoms. The predicted octanol–water partition coefficient (Wildman–Crippen LogP) is 3.63. The van der Waals surface area contributed by atoms with Crippen LogP contribution >= 0.6 is 11.8 Å². The lowest BCUT2D eigenvalue weighted by Crippen LogP contribution is -2.11. The lowest BCUT2D eigenvalue weighted by atomic mass is 10.1. The molecule has 1 aromatic heterocycles. The van der Waals surface area contributed by atoms with Gasteiger partial charge in [-0.3, -0.25) is 4.79 Å². The van der Waals surface area contributed by atoms with E-state index >= 15 is 0 Å². The van der Waals surface area contributed by atoms with Gasteiger partial charge in [-0.05, 0) is 29.8 Å². The Morgan fingerprint density at radius 1 is 1.11 bits per heavy atom. The molecule has 2 aromatic carbocycles. The fraction of sp³-hybridized carbons (Fsp3) is 0.250. The van der Waals surface area contributed by atoms with Crippen molar-refractivity contribution in [2.24, 2.45) is 0 Å². The Morgan fingerprint density at radius 2 is 1.85 bits per heavy atom. The fourth-order valence-corrected chi connectivity index (χ4v) is 3.47. The van der Waals surface area contributed by atoms with Crippen molar-refractivity contribution < 1.29 is 13.9 Å². The zero-order valence-electron chi connectivity index (χ0n) is 15.0. The highest BCUT2D eigenvalue weighted by Crippen LogP contribution is 2.20. The number of thioether (sulfide) groups is 1. The van der Waals surface area contributed by atoms with Gasteiger partial charge in [-0.2, -0.15) is 0 Å². The Bertz CT molecular complexity index is 882. The van der Waals surface area contributed by atoms with Crippen LogP contribution in [0.4, 0.5) is 4.39 Å². The molecule has 7 heteroatoms. The maximum absolute atomic E-state index is 13.0. The molecule has 0 atom stereocenters. The second-order valence-electron chi connectivity index (χ2n) is 5.92. The number of carbonyl (C=O) groups excluding carboxylic acids is 1. The molecular formula is C20H20FN3O2S. The van der Waals surface area contributed by atoms with Gasteiger partial charge in [-0.15, -0.1) is 10.2 Å². The fourth-order valence-electron chi connectivity index (χ4n) is 2.59. The van der Waals surface area contributed by atoms with Crippen LogP contribution in [0.25, 0.3) is 0 Å². The van der Waals surface area contributed by atoms with Crippen molar-refractivity contribution in [3.05, 3.63) is 77.4 Å². The molecule has 0 aliphatic heterocycles. The molecule has 0 saturated heterocycles. The van der Waals surface area contributed by atoms with Crippen molar-refractivity contribution in [2.75, 3.05) is 19.5 Å². The van der Waals surface area contributed by atoms with E-state index in [4.69, 9.17) is 4.74 Å². The van der Waals surface area contributed by atoms with Crippen molar-refractivity contribution in [3.8, 4) is 0 Å². The lowest BCUT2D eigenvalue weighted by molar-refractivity contribution is 0.102. The summed E-state index contributed by atoms with van der Waals surface area (Å²) in [5.74, 6) is 0.604. The average Bonchev–Trinajstić information content (AvgIpc) is 3.07. The molecule has 1 heterocycles. The molecule has 0 saturated carbocycles. The van der Waals surface area contributed by atoms with Crippen LogP contribution in [0.5, 0.6) is 0 Å². The predicted molar refractivity (Wildman–Crippen MR) is 103 cm³/mol. The number of benzene rings is 2. The summed E-state index contributed by atoms with van der Waals surface area (Å²) in [5, 5.41) is 9.23. The van der Waals surface area contributed by atoms with Gasteiger partial charge in [-0.1, -0.05) is 42.1 Å². The first kappa shape index (κ1) is 19.3. The van der Waals surface area contributed by atoms with Crippen molar-refractivity contribution in [3.63, 3.8) is 0 Å². The zero-order valence-corrected chi connectivity index (χ0v) is 15.8. The van der Waals surface area contributed by atoms with Gasteiger partial charge in [0.1, 0.15) is 11.6 Å². The van der Waals surface area contributed by atoms with Crippen molar-refractivity contribution in [2.45, 2.75) is 18.1 Å². The molecule has 0 aliphatic rings. The van der Waals surface area contributed by atoms with E-state index in [0.29, 0.717) is 30.3 Å². The van der Waals surface area contributed by atoms with Crippen LogP contribution in [0.1, 0.15) is 21.7 Å². The van der Waals surface area contributed by atoms with Gasteiger partial charge >= 0.3 is 0 Å². The van der Waals surface area contributed by atoms with Crippen LogP contribution in [-0.4, -0.2) is 40.0 Å². The summed E-state index contributed by atoms with van der Waals surface area (Å²) in [6.07, 6.45) is 0.657. The molecule has 0 spiro atoms. The Kier molecular flexibility index (Phi) is 6.73. The Labute approximate surface area is 161 Å². The third-order valence-corrected chi connectivity index (χ3v) is 4.98. The quantitative estimate of drug-likeness (QED) is 0.416. The van der Waals surface area contributed by atoms with Gasteiger partial charge in [0.15, 0.2) is 10.9 Å². The summed E-state index contributed by atoms with van der Waals surface area (Å²) in [7, 11) is 1.64. The van der Waals surface area contributed by atoms with E-state index in [2.05, 4.69) is 10.2 Å². The number of carbonyl (C=O) groups is 1. The van der Waals surface area contributed by atoms with E-state index in [9.17, 15) is 9.18 Å². The van der Waals surface area contributed by atoms with E-state index < -0.39 is 0 Å². The molecule has 0 unspecified atom stereocenters. The summed E-state index contributed by atoms with van der Waals surface area (Å²) < 4.78 is 20.2. The minimum atomic E-state index is -0.357. The Hall–Kier alpha value is -2.51. The van der Waals surface area contributed by atoms with E-state index in [-0.39, 0.29) is 17.4 Å². The number of rotatable bonds is 9. The first-order chi connectivity index (χ1) is 13.2. The van der Waals surface area contributed by atoms with E-state index in [0.717, 1.165) is 11.4 Å². The maximum atomic E-state index is 13.0. The number of Topliss-reactive ketones (excluding diaryl/α,β-unsaturated/α-hetero) is 1. The number of hydrogen-bond acceptors (Lipinski definition) is 5. The molecule has 0 bridgehead atoms. The van der Waals surface area contributed by atoms with Crippen LogP contribution in [0.2, 0.25) is 0 Å². The van der Waals surface area contributed by atoms with Gasteiger partial charge in [0, 0.05) is 25.6 Å². The van der Waals surface area contributed by atoms with E-state index in [1.165, 1.54) is 36.0 Å². The number of methoxy groups -OCH3 is 1. The maximum Gasteiger partial charge on any atom is 0.191 e. The largest absolute Gasteiger partial charge is 0.383 e. The Balaban J connectivity index is 1.72. The number of ether oxygens (including phenoxy) is 1. The highest BCUT2D eigenvalue weighted by atomic mass is 32.2. The number of halogens is 1. The minimum absolute atomic E-state index is 0.0779. The summed E-state index contributed by atoms with van der Waals surface area (Å²) >= 11 is 1.33. The standard InChI is InChI=1S/C20H20FN3O2S/c1-26-12-11-24-19(13-15-5-3-2-4-6-15)22-23-20(24)27-14-18(25)16-7-9-17(21)10-8-16/h2-10H,11-14H2,1H3. The van der Waals surface area contributed by atoms with Gasteiger partial charge in [0.2, 0.25) is 0 Å². The molecule has 0 fully saturated rings. The van der Waals surface area contributed by atoms with Crippen molar-refractivity contribution >= 4 is 17.5 Å². The van der Waals surface area contributed by atoms with Crippen LogP contribution < -0.4 is 0 Å². The molecule has 0 N–H and O–H groups in total. The number of nitrogens with zero attached hydrogens (tertiary/aromatic N) is 3. The minimum Gasteiger partial charge on any atom is -0.383 e. The first-order valence-corrected chi connectivity index (χ1v) is 9.52. The van der Waals surface area contributed by atoms with Gasteiger partial charge < -0.3 is 9.30 Å². The molecule has 3 rings (SSSR count). The second-order valence-corrected chi connectivity index (χ2v) is 6.87. The highest BCUT2D eigenvalue weighted by Gasteiger charge is 2.15. The zero-order chi connectivity index (χ0) is 19.1. The van der Waals surface area contributed by atoms with Gasteiger partial charge in [0.05, 0.1) is 12.4 Å². The van der Waals surface area contributed by atoms with Crippen molar-refractivity contribution in [1.29, 1.82) is 0 Å². The molecule has 5 nitrogen and oxygen atoms in total. The third kappa shape index (κ3) is 5.24. The number of ketones is 1. The van der Waals surface area contributed by atoms with Crippen LogP contribution in [0.3, 0.4) is 0 Å². The van der Waals surface area contributed by atoms with Gasteiger partial charge in [0.25, 0.3) is 0 Å². The van der Waals surface area contributed by atoms with E-state index in [1.807, 2.05) is 34.9 Å². The first-order valence-electron chi connectivity index (χ1n) is 8.54. The molecule has 0 aliphatic carbocycles. The number of hydrogen-bond donors (Lipinski definition) is 0. The lowest BCUT2D eigenvalue weighted by Gasteiger charge is -2.09. The molecule has 0 amide bonds. The van der Waals surface area contributed by atoms with Crippen LogP contribution in [-0.2, 0) is 17.7 Å². The van der Waals surface area contributed by atoms with Gasteiger partial charge in [-0.25, -0.2) is 4.39 Å². The number of aromatic nitrogens is 3. The van der Waals surface area contributed by atoms with Crippen molar-refractivity contribution in [1.82, 2.24) is 14.8 Å². The van der Waals surface area contributed by atoms with E-state index in [1.54, 1.807) is 7.11 Å². The SMILES string of the molecule is COCCn1c(Cc2ccccc2)nnc1SCC(=O)c1ccc(F)cc1. The molecule has 140 valence electrons. The second kappa shape index (κ2) is 9.43. The smallest absolute Gasteiger partial charge is 0.191 e. The third-order valence-electron chi connectivity index (χ3n) is 4.02.